The van der Waals surface area contributed by atoms with Crippen LogP contribution in [0.5, 0.6) is 0 Å². The molecule has 2 fully saturated rings. The summed E-state index contributed by atoms with van der Waals surface area (Å²) in [7, 11) is 0. The lowest BCUT2D eigenvalue weighted by molar-refractivity contribution is -0.137. The first-order valence-electron chi connectivity index (χ1n) is 9.44. The van der Waals surface area contributed by atoms with Gasteiger partial charge in [-0.15, -0.1) is 0 Å². The van der Waals surface area contributed by atoms with E-state index in [1.807, 2.05) is 11.0 Å². The molecule has 26 heavy (non-hydrogen) atoms. The molecule has 0 spiro atoms. The number of aromatic nitrogens is 1. The van der Waals surface area contributed by atoms with E-state index < -0.39 is 0 Å². The molecule has 2 N–H and O–H groups in total. The van der Waals surface area contributed by atoms with Crippen LogP contribution in [0.1, 0.15) is 25.7 Å². The molecule has 1 aromatic heterocycles. The zero-order chi connectivity index (χ0) is 18.1. The van der Waals surface area contributed by atoms with Gasteiger partial charge in [0.1, 0.15) is 5.52 Å². The number of benzene rings is 1. The molecule has 1 amide bonds. The summed E-state index contributed by atoms with van der Waals surface area (Å²) < 4.78 is 5.88. The van der Waals surface area contributed by atoms with Crippen molar-refractivity contribution in [1.82, 2.24) is 9.88 Å². The zero-order valence-corrected chi connectivity index (χ0v) is 15.6. The minimum atomic E-state index is 0.0109. The van der Waals surface area contributed by atoms with Crippen molar-refractivity contribution in [3.05, 3.63) is 23.2 Å². The summed E-state index contributed by atoms with van der Waals surface area (Å²) in [5, 5.41) is 0.643. The van der Waals surface area contributed by atoms with Gasteiger partial charge in [0, 0.05) is 31.2 Å². The number of rotatable bonds is 3. The second kappa shape index (κ2) is 7.45. The van der Waals surface area contributed by atoms with Crippen LogP contribution in [0.25, 0.3) is 11.1 Å². The largest absolute Gasteiger partial charge is 0.423 e. The first-order chi connectivity index (χ1) is 12.6. The van der Waals surface area contributed by atoms with Crippen LogP contribution in [0.3, 0.4) is 0 Å². The summed E-state index contributed by atoms with van der Waals surface area (Å²) in [4.78, 5) is 21.6. The highest BCUT2D eigenvalue weighted by molar-refractivity contribution is 6.31. The lowest BCUT2D eigenvalue weighted by Gasteiger charge is -2.37. The molecule has 1 aromatic carbocycles. The van der Waals surface area contributed by atoms with Crippen molar-refractivity contribution in [1.29, 1.82) is 0 Å². The number of fused-ring (bicyclic) bond motifs is 1. The van der Waals surface area contributed by atoms with Crippen molar-refractivity contribution < 1.29 is 9.21 Å². The highest BCUT2D eigenvalue weighted by Crippen LogP contribution is 2.29. The van der Waals surface area contributed by atoms with E-state index in [1.54, 1.807) is 12.1 Å². The summed E-state index contributed by atoms with van der Waals surface area (Å²) in [5.74, 6) is 0.842. The highest BCUT2D eigenvalue weighted by atomic mass is 35.5. The Labute approximate surface area is 158 Å². The average Bonchev–Trinajstić information content (AvgIpc) is 3.11. The molecule has 140 valence electrons. The van der Waals surface area contributed by atoms with Crippen LogP contribution in [0.4, 0.5) is 6.01 Å². The number of carbonyl (C=O) groups excluding carboxylic acids is 1. The van der Waals surface area contributed by atoms with Crippen molar-refractivity contribution in [3.63, 3.8) is 0 Å². The van der Waals surface area contributed by atoms with Gasteiger partial charge in [-0.3, -0.25) is 4.79 Å². The normalized spacial score (nSPS) is 22.2. The number of oxazole rings is 1. The standard InChI is InChI=1S/C19H25ClN4O2/c20-15-3-4-17-16(10-15)22-19(26-17)24-7-1-2-14(12-24)18(25)23-8-5-13(11-21)6-9-23/h3-4,10,13-14H,1-2,5-9,11-12,21H2. The third kappa shape index (κ3) is 3.53. The molecular weight excluding hydrogens is 352 g/mol. The Hall–Kier alpha value is -1.79. The van der Waals surface area contributed by atoms with Gasteiger partial charge in [0.15, 0.2) is 5.58 Å². The number of nitrogens with zero attached hydrogens (tertiary/aromatic N) is 3. The van der Waals surface area contributed by atoms with Gasteiger partial charge in [0.05, 0.1) is 5.92 Å². The number of piperidine rings is 2. The monoisotopic (exact) mass is 376 g/mol. The van der Waals surface area contributed by atoms with E-state index in [0.717, 1.165) is 63.0 Å². The molecule has 0 bridgehead atoms. The van der Waals surface area contributed by atoms with Crippen LogP contribution >= 0.6 is 11.6 Å². The summed E-state index contributed by atoms with van der Waals surface area (Å²) in [5.41, 5.74) is 7.23. The maximum atomic E-state index is 12.9. The quantitative estimate of drug-likeness (QED) is 0.891. The van der Waals surface area contributed by atoms with Crippen LogP contribution in [0.2, 0.25) is 5.02 Å². The van der Waals surface area contributed by atoms with Gasteiger partial charge in [-0.25, -0.2) is 0 Å². The molecule has 6 nitrogen and oxygen atoms in total. The maximum absolute atomic E-state index is 12.9. The fourth-order valence-electron chi connectivity index (χ4n) is 4.02. The van der Waals surface area contributed by atoms with Crippen LogP contribution < -0.4 is 10.6 Å². The van der Waals surface area contributed by atoms with Crippen molar-refractivity contribution in [2.45, 2.75) is 25.7 Å². The second-order valence-corrected chi connectivity index (χ2v) is 7.83. The average molecular weight is 377 g/mol. The lowest BCUT2D eigenvalue weighted by Crippen LogP contribution is -2.48. The molecular formula is C19H25ClN4O2. The molecule has 2 aliphatic heterocycles. The van der Waals surface area contributed by atoms with E-state index >= 15 is 0 Å². The predicted octanol–water partition coefficient (Wildman–Crippen LogP) is 2.89. The number of halogens is 1. The number of hydrogen-bond acceptors (Lipinski definition) is 5. The SMILES string of the molecule is NCC1CCN(C(=O)C2CCCN(c3nc4cc(Cl)ccc4o3)C2)CC1. The van der Waals surface area contributed by atoms with Gasteiger partial charge in [-0.05, 0) is 56.3 Å². The Kier molecular flexibility index (Phi) is 5.05. The second-order valence-electron chi connectivity index (χ2n) is 7.40. The molecule has 2 aliphatic rings. The highest BCUT2D eigenvalue weighted by Gasteiger charge is 2.32. The van der Waals surface area contributed by atoms with Gasteiger partial charge < -0.3 is 20.0 Å². The number of anilines is 1. The summed E-state index contributed by atoms with van der Waals surface area (Å²) in [6.45, 7) is 3.91. The Morgan fingerprint density at radius 1 is 1.27 bits per heavy atom. The van der Waals surface area contributed by atoms with Crippen LogP contribution in [0.15, 0.2) is 22.6 Å². The maximum Gasteiger partial charge on any atom is 0.298 e. The Balaban J connectivity index is 1.44. The fourth-order valence-corrected chi connectivity index (χ4v) is 4.19. The van der Waals surface area contributed by atoms with E-state index in [9.17, 15) is 4.79 Å². The molecule has 0 saturated carbocycles. The summed E-state index contributed by atoms with van der Waals surface area (Å²) >= 11 is 6.03. The van der Waals surface area contributed by atoms with Gasteiger partial charge in [-0.2, -0.15) is 4.98 Å². The van der Waals surface area contributed by atoms with Gasteiger partial charge in [-0.1, -0.05) is 11.6 Å². The number of likely N-dealkylation sites (tertiary alicyclic amines) is 1. The molecule has 7 heteroatoms. The van der Waals surface area contributed by atoms with Crippen LogP contribution in [0, 0.1) is 11.8 Å². The lowest BCUT2D eigenvalue weighted by atomic mass is 9.93. The predicted molar refractivity (Wildman–Crippen MR) is 102 cm³/mol. The molecule has 0 aliphatic carbocycles. The summed E-state index contributed by atoms with van der Waals surface area (Å²) in [6.07, 6.45) is 3.93. The van der Waals surface area contributed by atoms with Crippen molar-refractivity contribution >= 4 is 34.6 Å². The van der Waals surface area contributed by atoms with E-state index in [2.05, 4.69) is 9.88 Å². The smallest absolute Gasteiger partial charge is 0.298 e. The summed E-state index contributed by atoms with van der Waals surface area (Å²) in [6, 6.07) is 6.02. The van der Waals surface area contributed by atoms with E-state index in [0.29, 0.717) is 23.5 Å². The first kappa shape index (κ1) is 17.6. The third-order valence-corrected chi connectivity index (χ3v) is 5.87. The number of hydrogen-bond donors (Lipinski definition) is 1. The van der Waals surface area contributed by atoms with Crippen LogP contribution in [-0.2, 0) is 4.79 Å². The topological polar surface area (TPSA) is 75.6 Å². The Morgan fingerprint density at radius 3 is 2.85 bits per heavy atom. The third-order valence-electron chi connectivity index (χ3n) is 5.64. The van der Waals surface area contributed by atoms with E-state index in [4.69, 9.17) is 21.8 Å². The molecule has 1 unspecified atom stereocenters. The first-order valence-corrected chi connectivity index (χ1v) is 9.81. The molecule has 1 atom stereocenters. The minimum Gasteiger partial charge on any atom is -0.423 e. The number of nitrogens with two attached hydrogens (primary N) is 1. The van der Waals surface area contributed by atoms with Crippen molar-refractivity contribution in [3.8, 4) is 0 Å². The number of amides is 1. The number of carbonyl (C=O) groups is 1. The zero-order valence-electron chi connectivity index (χ0n) is 14.9. The molecule has 2 aromatic rings. The van der Waals surface area contributed by atoms with Crippen LogP contribution in [-0.4, -0.2) is 48.5 Å². The molecule has 0 radical (unpaired) electrons. The van der Waals surface area contributed by atoms with E-state index in [-0.39, 0.29) is 11.8 Å². The van der Waals surface area contributed by atoms with Crippen molar-refractivity contribution in [2.75, 3.05) is 37.6 Å². The Bertz CT molecular complexity index is 785. The fraction of sp³-hybridized carbons (Fsp3) is 0.579. The molecule has 2 saturated heterocycles. The van der Waals surface area contributed by atoms with Gasteiger partial charge in [0.2, 0.25) is 5.91 Å². The van der Waals surface area contributed by atoms with Gasteiger partial charge >= 0.3 is 0 Å². The van der Waals surface area contributed by atoms with Gasteiger partial charge in [0.25, 0.3) is 6.01 Å². The molecule has 4 rings (SSSR count). The minimum absolute atomic E-state index is 0.0109. The Morgan fingerprint density at radius 2 is 2.08 bits per heavy atom. The van der Waals surface area contributed by atoms with E-state index in [1.165, 1.54) is 0 Å². The van der Waals surface area contributed by atoms with Crippen molar-refractivity contribution in [2.24, 2.45) is 17.6 Å². The molecule has 3 heterocycles.